The number of pyridine rings is 1. The van der Waals surface area contributed by atoms with Crippen molar-refractivity contribution in [1.29, 1.82) is 0 Å². The molecule has 1 atom stereocenters. The van der Waals surface area contributed by atoms with Crippen molar-refractivity contribution in [3.05, 3.63) is 71.9 Å². The fraction of sp³-hybridized carbons (Fsp3) is 0.318. The maximum atomic E-state index is 5.95. The van der Waals surface area contributed by atoms with Crippen molar-refractivity contribution >= 4 is 29.9 Å². The van der Waals surface area contributed by atoms with Crippen LogP contribution in [0.2, 0.25) is 0 Å². The van der Waals surface area contributed by atoms with Crippen molar-refractivity contribution in [2.75, 3.05) is 13.6 Å². The van der Waals surface area contributed by atoms with Gasteiger partial charge >= 0.3 is 0 Å². The van der Waals surface area contributed by atoms with Gasteiger partial charge in [-0.1, -0.05) is 18.2 Å². The minimum absolute atomic E-state index is 0. The van der Waals surface area contributed by atoms with Gasteiger partial charge in [-0.25, -0.2) is 9.97 Å². The lowest BCUT2D eigenvalue weighted by Gasteiger charge is -2.18. The SMILES string of the molecule is CN=C(NCc1ccc(-n2ccnc2C)nc1)NCC(C)Oc1cccc(C)c1.I. The summed E-state index contributed by atoms with van der Waals surface area (Å²) in [5.74, 6) is 3.36. The van der Waals surface area contributed by atoms with Gasteiger partial charge in [-0.2, -0.15) is 0 Å². The van der Waals surface area contributed by atoms with Crippen molar-refractivity contribution in [2.45, 2.75) is 33.4 Å². The second-order valence-corrected chi connectivity index (χ2v) is 6.92. The van der Waals surface area contributed by atoms with Gasteiger partial charge in [0.1, 0.15) is 23.5 Å². The smallest absolute Gasteiger partial charge is 0.191 e. The first-order valence-electron chi connectivity index (χ1n) is 9.68. The number of rotatable bonds is 7. The number of nitrogens with one attached hydrogen (secondary N) is 2. The van der Waals surface area contributed by atoms with Crippen LogP contribution in [0.5, 0.6) is 5.75 Å². The van der Waals surface area contributed by atoms with E-state index in [9.17, 15) is 0 Å². The molecule has 3 rings (SSSR count). The molecule has 2 heterocycles. The molecule has 160 valence electrons. The summed E-state index contributed by atoms with van der Waals surface area (Å²) < 4.78 is 7.90. The third-order valence-corrected chi connectivity index (χ3v) is 4.45. The topological polar surface area (TPSA) is 76.4 Å². The third-order valence-electron chi connectivity index (χ3n) is 4.45. The summed E-state index contributed by atoms with van der Waals surface area (Å²) >= 11 is 0. The van der Waals surface area contributed by atoms with Gasteiger partial charge in [0.15, 0.2) is 5.96 Å². The minimum atomic E-state index is 0. The Morgan fingerprint density at radius 3 is 2.63 bits per heavy atom. The van der Waals surface area contributed by atoms with Crippen molar-refractivity contribution in [2.24, 2.45) is 4.99 Å². The number of aliphatic imine (C=N–C) groups is 1. The first-order valence-corrected chi connectivity index (χ1v) is 9.68. The summed E-state index contributed by atoms with van der Waals surface area (Å²) in [6.45, 7) is 7.31. The van der Waals surface area contributed by atoms with Crippen molar-refractivity contribution in [3.63, 3.8) is 0 Å². The summed E-state index contributed by atoms with van der Waals surface area (Å²) in [6.07, 6.45) is 5.54. The van der Waals surface area contributed by atoms with Gasteiger partial charge in [-0.3, -0.25) is 9.56 Å². The minimum Gasteiger partial charge on any atom is -0.489 e. The van der Waals surface area contributed by atoms with E-state index in [0.29, 0.717) is 13.1 Å². The second kappa shape index (κ2) is 11.5. The number of ether oxygens (including phenoxy) is 1. The summed E-state index contributed by atoms with van der Waals surface area (Å²) in [5.41, 5.74) is 2.25. The van der Waals surface area contributed by atoms with Crippen molar-refractivity contribution in [3.8, 4) is 11.6 Å². The van der Waals surface area contributed by atoms with E-state index in [4.69, 9.17) is 4.74 Å². The fourth-order valence-corrected chi connectivity index (χ4v) is 2.89. The van der Waals surface area contributed by atoms with E-state index >= 15 is 0 Å². The Balaban J connectivity index is 0.00000320. The number of hydrogen-bond donors (Lipinski definition) is 2. The zero-order valence-electron chi connectivity index (χ0n) is 17.8. The number of guanidine groups is 1. The normalized spacial score (nSPS) is 12.1. The molecule has 2 aromatic heterocycles. The quantitative estimate of drug-likeness (QED) is 0.283. The Morgan fingerprint density at radius 2 is 2.00 bits per heavy atom. The molecule has 1 aromatic carbocycles. The number of hydrogen-bond acceptors (Lipinski definition) is 4. The molecule has 7 nitrogen and oxygen atoms in total. The first kappa shape index (κ1) is 23.7. The largest absolute Gasteiger partial charge is 0.489 e. The summed E-state index contributed by atoms with van der Waals surface area (Å²) in [5, 5.41) is 6.60. The summed E-state index contributed by atoms with van der Waals surface area (Å²) in [7, 11) is 1.75. The van der Waals surface area contributed by atoms with E-state index in [-0.39, 0.29) is 30.1 Å². The predicted octanol–water partition coefficient (Wildman–Crippen LogP) is 3.63. The molecular formula is C22H29IN6O. The van der Waals surface area contributed by atoms with Crippen LogP contribution >= 0.6 is 24.0 Å². The lowest BCUT2D eigenvalue weighted by molar-refractivity contribution is 0.223. The molecule has 1 unspecified atom stereocenters. The maximum absolute atomic E-state index is 5.95. The van der Waals surface area contributed by atoms with Gasteiger partial charge in [-0.15, -0.1) is 24.0 Å². The van der Waals surface area contributed by atoms with Crippen molar-refractivity contribution < 1.29 is 4.74 Å². The zero-order chi connectivity index (χ0) is 20.6. The lowest BCUT2D eigenvalue weighted by Crippen LogP contribution is -2.41. The van der Waals surface area contributed by atoms with Gasteiger partial charge < -0.3 is 15.4 Å². The standard InChI is InChI=1S/C22H28N6O.HI/c1-16-6-5-7-20(12-16)29-17(2)13-26-22(23-4)27-15-19-8-9-21(25-14-19)28-11-10-24-18(28)3;/h5-12,14,17H,13,15H2,1-4H3,(H2,23,26,27);1H. The summed E-state index contributed by atoms with van der Waals surface area (Å²) in [6, 6.07) is 12.1. The molecule has 2 N–H and O–H groups in total. The number of benzene rings is 1. The number of aromatic nitrogens is 3. The van der Waals surface area contributed by atoms with Crippen molar-refractivity contribution in [1.82, 2.24) is 25.2 Å². The maximum Gasteiger partial charge on any atom is 0.191 e. The van der Waals surface area contributed by atoms with Gasteiger partial charge in [0.2, 0.25) is 0 Å². The highest BCUT2D eigenvalue weighted by atomic mass is 127. The Hall–Kier alpha value is -2.62. The van der Waals surface area contributed by atoms with Gasteiger partial charge in [0.05, 0.1) is 6.54 Å². The molecule has 0 aliphatic carbocycles. The van der Waals surface area contributed by atoms with E-state index in [2.05, 4.69) is 38.6 Å². The van der Waals surface area contributed by atoms with Crippen LogP contribution in [0.1, 0.15) is 23.9 Å². The van der Waals surface area contributed by atoms with Crippen LogP contribution < -0.4 is 15.4 Å². The monoisotopic (exact) mass is 520 g/mol. The Labute approximate surface area is 195 Å². The second-order valence-electron chi connectivity index (χ2n) is 6.92. The van der Waals surface area contributed by atoms with E-state index in [1.807, 2.05) is 61.1 Å². The highest BCUT2D eigenvalue weighted by Crippen LogP contribution is 2.14. The predicted molar refractivity (Wildman–Crippen MR) is 131 cm³/mol. The van der Waals surface area contributed by atoms with Crippen LogP contribution in [0.15, 0.2) is 60.0 Å². The van der Waals surface area contributed by atoms with Gasteiger partial charge in [-0.05, 0) is 50.1 Å². The molecule has 3 aromatic rings. The molecule has 0 saturated heterocycles. The molecule has 0 amide bonds. The Bertz CT molecular complexity index is 954. The van der Waals surface area contributed by atoms with E-state index in [1.165, 1.54) is 5.56 Å². The van der Waals surface area contributed by atoms with Crippen LogP contribution in [0.4, 0.5) is 0 Å². The zero-order valence-corrected chi connectivity index (χ0v) is 20.1. The van der Waals surface area contributed by atoms with E-state index in [0.717, 1.165) is 28.9 Å². The molecular weight excluding hydrogens is 491 g/mol. The third kappa shape index (κ3) is 6.72. The van der Waals surface area contributed by atoms with Gasteiger partial charge in [0, 0.05) is 32.2 Å². The fourth-order valence-electron chi connectivity index (χ4n) is 2.89. The van der Waals surface area contributed by atoms with Crippen LogP contribution in [0.3, 0.4) is 0 Å². The molecule has 0 radical (unpaired) electrons. The Kier molecular flexibility index (Phi) is 9.10. The van der Waals surface area contributed by atoms with Gasteiger partial charge in [0.25, 0.3) is 0 Å². The summed E-state index contributed by atoms with van der Waals surface area (Å²) in [4.78, 5) is 13.0. The highest BCUT2D eigenvalue weighted by molar-refractivity contribution is 14.0. The number of halogens is 1. The molecule has 30 heavy (non-hydrogen) atoms. The molecule has 0 aliphatic heterocycles. The molecule has 8 heteroatoms. The molecule has 0 aliphatic rings. The number of nitrogens with zero attached hydrogens (tertiary/aromatic N) is 4. The van der Waals surface area contributed by atoms with Crippen LogP contribution in [-0.4, -0.2) is 40.2 Å². The molecule has 0 spiro atoms. The Morgan fingerprint density at radius 1 is 1.17 bits per heavy atom. The lowest BCUT2D eigenvalue weighted by atomic mass is 10.2. The molecule has 0 fully saturated rings. The first-order chi connectivity index (χ1) is 14.0. The van der Waals surface area contributed by atoms with Crippen LogP contribution in [-0.2, 0) is 6.54 Å². The highest BCUT2D eigenvalue weighted by Gasteiger charge is 2.07. The average molecular weight is 520 g/mol. The van der Waals surface area contributed by atoms with Crippen LogP contribution in [0.25, 0.3) is 5.82 Å². The number of aryl methyl sites for hydroxylation is 2. The number of imidazole rings is 1. The average Bonchev–Trinajstić information content (AvgIpc) is 3.14. The van der Waals surface area contributed by atoms with E-state index in [1.54, 1.807) is 13.2 Å². The van der Waals surface area contributed by atoms with Crippen LogP contribution in [0, 0.1) is 13.8 Å². The molecule has 0 saturated carbocycles. The van der Waals surface area contributed by atoms with E-state index < -0.39 is 0 Å². The molecule has 0 bridgehead atoms.